The van der Waals surface area contributed by atoms with E-state index in [4.69, 9.17) is 0 Å². The third kappa shape index (κ3) is 5.21. The SMILES string of the molecule is C[C@@H](NS(=O)(=O)c1cc(F)ccc1F)c1ccc(NS(C)(=O)=O)cc1. The molecular weight excluding hydrogens is 374 g/mol. The minimum atomic E-state index is -4.28. The van der Waals surface area contributed by atoms with E-state index < -0.39 is 42.6 Å². The summed E-state index contributed by atoms with van der Waals surface area (Å²) in [6.45, 7) is 1.52. The molecule has 2 aromatic rings. The molecule has 6 nitrogen and oxygen atoms in total. The molecule has 0 bridgehead atoms. The maximum atomic E-state index is 13.7. The van der Waals surface area contributed by atoms with Gasteiger partial charge in [0.15, 0.2) is 0 Å². The fourth-order valence-corrected chi connectivity index (χ4v) is 3.99. The van der Waals surface area contributed by atoms with Crippen molar-refractivity contribution in [2.75, 3.05) is 11.0 Å². The van der Waals surface area contributed by atoms with Crippen LogP contribution in [0.5, 0.6) is 0 Å². The summed E-state index contributed by atoms with van der Waals surface area (Å²) in [5, 5.41) is 0. The molecule has 2 N–H and O–H groups in total. The predicted molar refractivity (Wildman–Crippen MR) is 90.0 cm³/mol. The molecule has 0 saturated heterocycles. The fraction of sp³-hybridized carbons (Fsp3) is 0.200. The van der Waals surface area contributed by atoms with E-state index in [0.717, 1.165) is 18.4 Å². The van der Waals surface area contributed by atoms with Crippen LogP contribution in [0.3, 0.4) is 0 Å². The first kappa shape index (κ1) is 19.3. The van der Waals surface area contributed by atoms with Gasteiger partial charge in [-0.3, -0.25) is 4.72 Å². The van der Waals surface area contributed by atoms with Crippen molar-refractivity contribution in [3.8, 4) is 0 Å². The van der Waals surface area contributed by atoms with Crippen LogP contribution < -0.4 is 9.44 Å². The Balaban J connectivity index is 2.21. The van der Waals surface area contributed by atoms with Crippen molar-refractivity contribution in [1.82, 2.24) is 4.72 Å². The molecule has 0 aliphatic rings. The van der Waals surface area contributed by atoms with Crippen LogP contribution in [0.2, 0.25) is 0 Å². The lowest BCUT2D eigenvalue weighted by Crippen LogP contribution is -2.27. The molecule has 2 rings (SSSR count). The Hall–Kier alpha value is -2.04. The number of benzene rings is 2. The number of rotatable bonds is 6. The van der Waals surface area contributed by atoms with Gasteiger partial charge in [0.05, 0.1) is 6.26 Å². The van der Waals surface area contributed by atoms with Crippen molar-refractivity contribution < 1.29 is 25.6 Å². The maximum absolute atomic E-state index is 13.7. The first-order valence-electron chi connectivity index (χ1n) is 7.03. The van der Waals surface area contributed by atoms with Gasteiger partial charge in [-0.15, -0.1) is 0 Å². The van der Waals surface area contributed by atoms with Crippen LogP contribution in [0.25, 0.3) is 0 Å². The van der Waals surface area contributed by atoms with Crippen molar-refractivity contribution in [1.29, 1.82) is 0 Å². The Bertz CT molecular complexity index is 975. The summed E-state index contributed by atoms with van der Waals surface area (Å²) in [6.07, 6.45) is 1.01. The van der Waals surface area contributed by atoms with Gasteiger partial charge < -0.3 is 0 Å². The van der Waals surface area contributed by atoms with Crippen LogP contribution in [0.4, 0.5) is 14.5 Å². The molecule has 0 heterocycles. The van der Waals surface area contributed by atoms with E-state index in [1.54, 1.807) is 0 Å². The fourth-order valence-electron chi connectivity index (χ4n) is 2.10. The van der Waals surface area contributed by atoms with Gasteiger partial charge in [0.25, 0.3) is 0 Å². The Labute approximate surface area is 145 Å². The lowest BCUT2D eigenvalue weighted by Gasteiger charge is -2.15. The molecule has 0 saturated carbocycles. The van der Waals surface area contributed by atoms with Crippen molar-refractivity contribution in [3.05, 3.63) is 59.7 Å². The number of halogens is 2. The first-order chi connectivity index (χ1) is 11.5. The summed E-state index contributed by atoms with van der Waals surface area (Å²) in [5.41, 5.74) is 0.830. The van der Waals surface area contributed by atoms with Crippen LogP contribution in [-0.4, -0.2) is 23.1 Å². The van der Waals surface area contributed by atoms with E-state index in [9.17, 15) is 25.6 Å². The summed E-state index contributed by atoms with van der Waals surface area (Å²) in [4.78, 5) is -0.783. The molecule has 2 aromatic carbocycles. The van der Waals surface area contributed by atoms with Gasteiger partial charge in [-0.25, -0.2) is 30.3 Å². The summed E-state index contributed by atoms with van der Waals surface area (Å²) in [6, 6.07) is 7.37. The lowest BCUT2D eigenvalue weighted by molar-refractivity contribution is 0.538. The average Bonchev–Trinajstić information content (AvgIpc) is 2.48. The molecule has 0 radical (unpaired) electrons. The number of anilines is 1. The molecule has 0 aromatic heterocycles. The van der Waals surface area contributed by atoms with E-state index in [-0.39, 0.29) is 0 Å². The van der Waals surface area contributed by atoms with Crippen molar-refractivity contribution in [2.45, 2.75) is 17.9 Å². The summed E-state index contributed by atoms with van der Waals surface area (Å²) >= 11 is 0. The second kappa shape index (κ2) is 7.06. The molecule has 0 fully saturated rings. The number of nitrogens with one attached hydrogen (secondary N) is 2. The van der Waals surface area contributed by atoms with Crippen molar-refractivity contribution >= 4 is 25.7 Å². The van der Waals surface area contributed by atoms with Gasteiger partial charge in [-0.2, -0.15) is 0 Å². The topological polar surface area (TPSA) is 92.3 Å². The largest absolute Gasteiger partial charge is 0.284 e. The van der Waals surface area contributed by atoms with E-state index in [0.29, 0.717) is 17.3 Å². The first-order valence-corrected chi connectivity index (χ1v) is 10.4. The third-order valence-electron chi connectivity index (χ3n) is 3.23. The van der Waals surface area contributed by atoms with E-state index in [2.05, 4.69) is 9.44 Å². The van der Waals surface area contributed by atoms with Crippen LogP contribution >= 0.6 is 0 Å². The summed E-state index contributed by atoms with van der Waals surface area (Å²) in [5.74, 6) is -1.93. The van der Waals surface area contributed by atoms with Gasteiger partial charge in [-0.1, -0.05) is 12.1 Å². The Morgan fingerprint density at radius 3 is 2.12 bits per heavy atom. The van der Waals surface area contributed by atoms with Gasteiger partial charge in [0.1, 0.15) is 16.5 Å². The highest BCUT2D eigenvalue weighted by Crippen LogP contribution is 2.21. The van der Waals surface area contributed by atoms with Gasteiger partial charge >= 0.3 is 0 Å². The quantitative estimate of drug-likeness (QED) is 0.792. The summed E-state index contributed by atoms with van der Waals surface area (Å²) in [7, 11) is -7.70. The number of sulfonamides is 2. The zero-order chi connectivity index (χ0) is 18.8. The van der Waals surface area contributed by atoms with Gasteiger partial charge in [0.2, 0.25) is 20.0 Å². The molecule has 0 spiro atoms. The van der Waals surface area contributed by atoms with E-state index >= 15 is 0 Å². The standard InChI is InChI=1S/C15H16F2N2O4S2/c1-10(11-3-6-13(7-4-11)19-24(2,20)21)18-25(22,23)15-9-12(16)5-8-14(15)17/h3-10,18-19H,1-2H3/t10-/m1/s1. The molecule has 10 heteroatoms. The monoisotopic (exact) mass is 390 g/mol. The normalized spacial score (nSPS) is 13.4. The zero-order valence-corrected chi connectivity index (χ0v) is 15.0. The molecule has 136 valence electrons. The minimum absolute atomic E-state index is 0.317. The second-order valence-corrected chi connectivity index (χ2v) is 8.84. The second-order valence-electron chi connectivity index (χ2n) is 5.41. The van der Waals surface area contributed by atoms with Gasteiger partial charge in [0, 0.05) is 11.7 Å². The van der Waals surface area contributed by atoms with Crippen molar-refractivity contribution in [3.63, 3.8) is 0 Å². The number of hydrogen-bond acceptors (Lipinski definition) is 4. The van der Waals surface area contributed by atoms with Crippen LogP contribution in [0.1, 0.15) is 18.5 Å². The Kier molecular flexibility index (Phi) is 5.45. The van der Waals surface area contributed by atoms with E-state index in [1.807, 2.05) is 0 Å². The molecule has 0 amide bonds. The molecule has 25 heavy (non-hydrogen) atoms. The lowest BCUT2D eigenvalue weighted by atomic mass is 10.1. The zero-order valence-electron chi connectivity index (χ0n) is 13.3. The van der Waals surface area contributed by atoms with Crippen LogP contribution in [0, 0.1) is 11.6 Å². The highest BCUT2D eigenvalue weighted by molar-refractivity contribution is 7.92. The molecule has 0 unspecified atom stereocenters. The average molecular weight is 390 g/mol. The minimum Gasteiger partial charge on any atom is -0.284 e. The highest BCUT2D eigenvalue weighted by Gasteiger charge is 2.22. The Morgan fingerprint density at radius 1 is 0.960 bits per heavy atom. The molecular formula is C15H16F2N2O4S2. The highest BCUT2D eigenvalue weighted by atomic mass is 32.2. The van der Waals surface area contributed by atoms with Crippen LogP contribution in [-0.2, 0) is 20.0 Å². The van der Waals surface area contributed by atoms with Crippen LogP contribution in [0.15, 0.2) is 47.4 Å². The molecule has 0 aliphatic carbocycles. The van der Waals surface area contributed by atoms with Gasteiger partial charge in [-0.05, 0) is 42.8 Å². The predicted octanol–water partition coefficient (Wildman–Crippen LogP) is 2.38. The van der Waals surface area contributed by atoms with Crippen molar-refractivity contribution in [2.24, 2.45) is 0 Å². The van der Waals surface area contributed by atoms with E-state index in [1.165, 1.54) is 31.2 Å². The smallest absolute Gasteiger partial charge is 0.244 e. The number of hydrogen-bond donors (Lipinski definition) is 2. The summed E-state index contributed by atoms with van der Waals surface area (Å²) < 4.78 is 78.2. The molecule has 1 atom stereocenters. The molecule has 0 aliphatic heterocycles. The Morgan fingerprint density at radius 2 is 1.56 bits per heavy atom. The maximum Gasteiger partial charge on any atom is 0.244 e. The third-order valence-corrected chi connectivity index (χ3v) is 5.39.